The summed E-state index contributed by atoms with van der Waals surface area (Å²) < 4.78 is 5.05. The summed E-state index contributed by atoms with van der Waals surface area (Å²) in [5.41, 5.74) is 9.23. The second-order valence-electron chi connectivity index (χ2n) is 4.32. The maximum Gasteiger partial charge on any atom is 0.228 e. The van der Waals surface area contributed by atoms with Gasteiger partial charge in [-0.2, -0.15) is 0 Å². The van der Waals surface area contributed by atoms with E-state index in [0.717, 1.165) is 16.9 Å². The van der Waals surface area contributed by atoms with Crippen LogP contribution in [0.25, 0.3) is 0 Å². The highest BCUT2D eigenvalue weighted by Gasteiger charge is 2.19. The SMILES string of the molecule is COCC(C)Nc1cc2c(cc1N)CC(=O)N2. The van der Waals surface area contributed by atoms with Crippen molar-refractivity contribution >= 4 is 23.0 Å². The van der Waals surface area contributed by atoms with Crippen LogP contribution in [-0.2, 0) is 16.0 Å². The Balaban J connectivity index is 2.19. The number of nitrogen functional groups attached to an aromatic ring is 1. The first-order chi connectivity index (χ1) is 8.10. The number of rotatable bonds is 4. The topological polar surface area (TPSA) is 76.4 Å². The zero-order valence-electron chi connectivity index (χ0n) is 10.0. The lowest BCUT2D eigenvalue weighted by Crippen LogP contribution is -2.21. The van der Waals surface area contributed by atoms with Gasteiger partial charge in [0.2, 0.25) is 5.91 Å². The van der Waals surface area contributed by atoms with E-state index in [2.05, 4.69) is 10.6 Å². The minimum Gasteiger partial charge on any atom is -0.397 e. The van der Waals surface area contributed by atoms with Gasteiger partial charge in [-0.3, -0.25) is 4.79 Å². The molecule has 1 amide bonds. The van der Waals surface area contributed by atoms with E-state index in [-0.39, 0.29) is 11.9 Å². The molecular weight excluding hydrogens is 218 g/mol. The second kappa shape index (κ2) is 4.63. The van der Waals surface area contributed by atoms with Gasteiger partial charge in [-0.15, -0.1) is 0 Å². The minimum absolute atomic E-state index is 0.0153. The van der Waals surface area contributed by atoms with Gasteiger partial charge in [0, 0.05) is 18.8 Å². The van der Waals surface area contributed by atoms with Gasteiger partial charge in [0.25, 0.3) is 0 Å². The molecule has 5 heteroatoms. The monoisotopic (exact) mass is 235 g/mol. The zero-order chi connectivity index (χ0) is 12.4. The molecule has 1 heterocycles. The number of nitrogens with one attached hydrogen (secondary N) is 2. The summed E-state index contributed by atoms with van der Waals surface area (Å²) in [7, 11) is 1.66. The molecule has 1 aromatic carbocycles. The lowest BCUT2D eigenvalue weighted by molar-refractivity contribution is -0.115. The quantitative estimate of drug-likeness (QED) is 0.686. The Hall–Kier alpha value is -1.75. The molecule has 4 N–H and O–H groups in total. The van der Waals surface area contributed by atoms with E-state index in [9.17, 15) is 4.79 Å². The molecular formula is C12H17N3O2. The highest BCUT2D eigenvalue weighted by molar-refractivity contribution is 6.00. The molecule has 0 fully saturated rings. The molecule has 0 radical (unpaired) electrons. The van der Waals surface area contributed by atoms with Crippen molar-refractivity contribution in [1.29, 1.82) is 0 Å². The Morgan fingerprint density at radius 3 is 3.06 bits per heavy atom. The first-order valence-corrected chi connectivity index (χ1v) is 5.58. The lowest BCUT2D eigenvalue weighted by Gasteiger charge is -2.17. The molecule has 0 spiro atoms. The highest BCUT2D eigenvalue weighted by atomic mass is 16.5. The summed E-state index contributed by atoms with van der Waals surface area (Å²) in [5.74, 6) is 0.0153. The number of fused-ring (bicyclic) bond motifs is 1. The van der Waals surface area contributed by atoms with Crippen molar-refractivity contribution < 1.29 is 9.53 Å². The summed E-state index contributed by atoms with van der Waals surface area (Å²) in [4.78, 5) is 11.3. The van der Waals surface area contributed by atoms with E-state index in [1.165, 1.54) is 0 Å². The van der Waals surface area contributed by atoms with Crippen LogP contribution in [0.15, 0.2) is 12.1 Å². The fraction of sp³-hybridized carbons (Fsp3) is 0.417. The highest BCUT2D eigenvalue weighted by Crippen LogP contribution is 2.31. The van der Waals surface area contributed by atoms with Crippen molar-refractivity contribution in [2.24, 2.45) is 0 Å². The van der Waals surface area contributed by atoms with Gasteiger partial charge in [-0.1, -0.05) is 0 Å². The summed E-state index contributed by atoms with van der Waals surface area (Å²) in [5, 5.41) is 6.06. The normalized spacial score (nSPS) is 15.3. The number of carbonyl (C=O) groups is 1. The van der Waals surface area contributed by atoms with Crippen LogP contribution in [0.4, 0.5) is 17.1 Å². The third-order valence-electron chi connectivity index (χ3n) is 2.72. The smallest absolute Gasteiger partial charge is 0.228 e. The maximum atomic E-state index is 11.3. The van der Waals surface area contributed by atoms with Crippen LogP contribution in [-0.4, -0.2) is 25.7 Å². The number of benzene rings is 1. The zero-order valence-corrected chi connectivity index (χ0v) is 10.0. The maximum absolute atomic E-state index is 11.3. The molecule has 1 unspecified atom stereocenters. The van der Waals surface area contributed by atoms with E-state index >= 15 is 0 Å². The van der Waals surface area contributed by atoms with Crippen LogP contribution < -0.4 is 16.4 Å². The molecule has 17 heavy (non-hydrogen) atoms. The number of ether oxygens (including phenoxy) is 1. The fourth-order valence-corrected chi connectivity index (χ4v) is 1.98. The third-order valence-corrected chi connectivity index (χ3v) is 2.72. The molecule has 1 aliphatic heterocycles. The first-order valence-electron chi connectivity index (χ1n) is 5.58. The summed E-state index contributed by atoms with van der Waals surface area (Å²) >= 11 is 0. The van der Waals surface area contributed by atoms with Crippen LogP contribution in [0.1, 0.15) is 12.5 Å². The number of carbonyl (C=O) groups excluding carboxylic acids is 1. The number of methoxy groups -OCH3 is 1. The van der Waals surface area contributed by atoms with Crippen molar-refractivity contribution in [3.8, 4) is 0 Å². The predicted molar refractivity (Wildman–Crippen MR) is 68.1 cm³/mol. The van der Waals surface area contributed by atoms with Crippen LogP contribution in [0.3, 0.4) is 0 Å². The standard InChI is InChI=1S/C12H17N3O2/c1-7(6-17-2)14-11-5-10-8(3-9(11)13)4-12(16)15-10/h3,5,7,14H,4,6,13H2,1-2H3,(H,15,16). The molecule has 2 rings (SSSR count). The largest absolute Gasteiger partial charge is 0.397 e. The molecule has 0 bridgehead atoms. The van der Waals surface area contributed by atoms with Crippen molar-refractivity contribution in [1.82, 2.24) is 0 Å². The van der Waals surface area contributed by atoms with Crippen molar-refractivity contribution in [2.45, 2.75) is 19.4 Å². The van der Waals surface area contributed by atoms with Gasteiger partial charge >= 0.3 is 0 Å². The molecule has 0 saturated carbocycles. The van der Waals surface area contributed by atoms with E-state index in [0.29, 0.717) is 18.7 Å². The fourth-order valence-electron chi connectivity index (χ4n) is 1.98. The van der Waals surface area contributed by atoms with E-state index < -0.39 is 0 Å². The van der Waals surface area contributed by atoms with Crippen molar-refractivity contribution in [2.75, 3.05) is 30.1 Å². The van der Waals surface area contributed by atoms with Crippen LogP contribution in [0, 0.1) is 0 Å². The average molecular weight is 235 g/mol. The predicted octanol–water partition coefficient (Wildman–Crippen LogP) is 1.21. The summed E-state index contributed by atoms with van der Waals surface area (Å²) in [6, 6.07) is 3.88. The Bertz CT molecular complexity index is 446. The van der Waals surface area contributed by atoms with Gasteiger partial charge in [-0.05, 0) is 24.6 Å². The van der Waals surface area contributed by atoms with E-state index in [1.54, 1.807) is 7.11 Å². The van der Waals surface area contributed by atoms with Gasteiger partial charge in [0.1, 0.15) is 0 Å². The number of amides is 1. The van der Waals surface area contributed by atoms with Crippen molar-refractivity contribution in [3.05, 3.63) is 17.7 Å². The van der Waals surface area contributed by atoms with E-state index in [1.807, 2.05) is 19.1 Å². The molecule has 0 aromatic heterocycles. The Morgan fingerprint density at radius 2 is 2.35 bits per heavy atom. The summed E-state index contributed by atoms with van der Waals surface area (Å²) in [6.07, 6.45) is 0.410. The Kier molecular flexibility index (Phi) is 3.19. The molecule has 92 valence electrons. The number of nitrogens with two attached hydrogens (primary N) is 1. The third kappa shape index (κ3) is 2.50. The number of hydrogen-bond acceptors (Lipinski definition) is 4. The van der Waals surface area contributed by atoms with Gasteiger partial charge < -0.3 is 21.1 Å². The number of anilines is 3. The van der Waals surface area contributed by atoms with Crippen LogP contribution >= 0.6 is 0 Å². The van der Waals surface area contributed by atoms with Gasteiger partial charge in [0.15, 0.2) is 0 Å². The molecule has 5 nitrogen and oxygen atoms in total. The van der Waals surface area contributed by atoms with Gasteiger partial charge in [0.05, 0.1) is 24.4 Å². The van der Waals surface area contributed by atoms with Crippen molar-refractivity contribution in [3.63, 3.8) is 0 Å². The van der Waals surface area contributed by atoms with Crippen LogP contribution in [0.5, 0.6) is 0 Å². The Morgan fingerprint density at radius 1 is 1.59 bits per heavy atom. The molecule has 0 saturated heterocycles. The van der Waals surface area contributed by atoms with Gasteiger partial charge in [-0.25, -0.2) is 0 Å². The lowest BCUT2D eigenvalue weighted by atomic mass is 10.1. The van der Waals surface area contributed by atoms with E-state index in [4.69, 9.17) is 10.5 Å². The first kappa shape index (κ1) is 11.7. The molecule has 1 aliphatic rings. The second-order valence-corrected chi connectivity index (χ2v) is 4.32. The minimum atomic E-state index is 0.0153. The summed E-state index contributed by atoms with van der Waals surface area (Å²) in [6.45, 7) is 2.61. The molecule has 1 aromatic rings. The van der Waals surface area contributed by atoms with Crippen LogP contribution in [0.2, 0.25) is 0 Å². The molecule has 1 atom stereocenters. The molecule has 0 aliphatic carbocycles. The Labute approximate surface area is 100 Å². The average Bonchev–Trinajstić information content (AvgIpc) is 2.58. The number of hydrogen-bond donors (Lipinski definition) is 3.